The SMILES string of the molecule is CNC(C)CC(F)c1ccccc1OC. The summed E-state index contributed by atoms with van der Waals surface area (Å²) in [5, 5.41) is 3.02. The van der Waals surface area contributed by atoms with Crippen LogP contribution in [0.1, 0.15) is 25.1 Å². The van der Waals surface area contributed by atoms with Crippen molar-refractivity contribution in [2.75, 3.05) is 14.2 Å². The molecule has 1 rings (SSSR count). The van der Waals surface area contributed by atoms with Crippen LogP contribution in [0.4, 0.5) is 4.39 Å². The summed E-state index contributed by atoms with van der Waals surface area (Å²) in [7, 11) is 3.40. The Bertz CT molecular complexity index is 303. The number of rotatable bonds is 5. The molecule has 1 aromatic rings. The van der Waals surface area contributed by atoms with Crippen LogP contribution in [0.3, 0.4) is 0 Å². The van der Waals surface area contributed by atoms with Crippen LogP contribution in [-0.2, 0) is 0 Å². The zero-order valence-electron chi connectivity index (χ0n) is 9.46. The Hall–Kier alpha value is -1.09. The van der Waals surface area contributed by atoms with Gasteiger partial charge >= 0.3 is 0 Å². The number of alkyl halides is 1. The number of benzene rings is 1. The fourth-order valence-electron chi connectivity index (χ4n) is 1.48. The second kappa shape index (κ2) is 5.71. The smallest absolute Gasteiger partial charge is 0.130 e. The van der Waals surface area contributed by atoms with Gasteiger partial charge in [-0.2, -0.15) is 0 Å². The van der Waals surface area contributed by atoms with E-state index >= 15 is 0 Å². The van der Waals surface area contributed by atoms with Crippen molar-refractivity contribution < 1.29 is 9.13 Å². The molecule has 0 aliphatic carbocycles. The van der Waals surface area contributed by atoms with Gasteiger partial charge in [0.05, 0.1) is 7.11 Å². The number of halogens is 1. The van der Waals surface area contributed by atoms with E-state index in [4.69, 9.17) is 4.74 Å². The number of hydrogen-bond acceptors (Lipinski definition) is 2. The molecule has 0 spiro atoms. The van der Waals surface area contributed by atoms with Gasteiger partial charge in [-0.25, -0.2) is 4.39 Å². The molecule has 15 heavy (non-hydrogen) atoms. The van der Waals surface area contributed by atoms with E-state index in [0.29, 0.717) is 17.7 Å². The highest BCUT2D eigenvalue weighted by atomic mass is 19.1. The molecular formula is C12H18FNO. The third-order valence-corrected chi connectivity index (χ3v) is 2.53. The van der Waals surface area contributed by atoms with Crippen LogP contribution in [0, 0.1) is 0 Å². The van der Waals surface area contributed by atoms with Crippen molar-refractivity contribution >= 4 is 0 Å². The minimum Gasteiger partial charge on any atom is -0.496 e. The van der Waals surface area contributed by atoms with Gasteiger partial charge in [-0.05, 0) is 26.5 Å². The van der Waals surface area contributed by atoms with Crippen molar-refractivity contribution in [1.29, 1.82) is 0 Å². The van der Waals surface area contributed by atoms with E-state index < -0.39 is 6.17 Å². The first-order valence-corrected chi connectivity index (χ1v) is 5.13. The Kier molecular flexibility index (Phi) is 4.56. The molecule has 84 valence electrons. The first-order chi connectivity index (χ1) is 7.19. The third-order valence-electron chi connectivity index (χ3n) is 2.53. The Morgan fingerprint density at radius 1 is 1.40 bits per heavy atom. The van der Waals surface area contributed by atoms with E-state index in [2.05, 4.69) is 5.32 Å². The number of hydrogen-bond donors (Lipinski definition) is 1. The lowest BCUT2D eigenvalue weighted by atomic mass is 10.0. The molecule has 0 aliphatic rings. The van der Waals surface area contributed by atoms with Crippen LogP contribution in [0.2, 0.25) is 0 Å². The maximum Gasteiger partial charge on any atom is 0.130 e. The quantitative estimate of drug-likeness (QED) is 0.808. The molecule has 0 radical (unpaired) electrons. The molecule has 0 saturated heterocycles. The van der Waals surface area contributed by atoms with E-state index in [1.807, 2.05) is 26.1 Å². The highest BCUT2D eigenvalue weighted by Gasteiger charge is 2.16. The lowest BCUT2D eigenvalue weighted by molar-refractivity contribution is 0.284. The lowest BCUT2D eigenvalue weighted by Gasteiger charge is -2.16. The summed E-state index contributed by atoms with van der Waals surface area (Å²) in [5.74, 6) is 0.619. The maximum absolute atomic E-state index is 13.9. The fourth-order valence-corrected chi connectivity index (χ4v) is 1.48. The van der Waals surface area contributed by atoms with Crippen molar-refractivity contribution in [3.8, 4) is 5.75 Å². The number of methoxy groups -OCH3 is 1. The van der Waals surface area contributed by atoms with Gasteiger partial charge < -0.3 is 10.1 Å². The molecule has 2 atom stereocenters. The van der Waals surface area contributed by atoms with E-state index in [-0.39, 0.29) is 6.04 Å². The summed E-state index contributed by atoms with van der Waals surface area (Å²) in [6.07, 6.45) is -0.528. The molecule has 0 aliphatic heterocycles. The largest absolute Gasteiger partial charge is 0.496 e. The molecule has 0 saturated carbocycles. The van der Waals surface area contributed by atoms with Gasteiger partial charge in [-0.3, -0.25) is 0 Å². The highest BCUT2D eigenvalue weighted by Crippen LogP contribution is 2.30. The fraction of sp³-hybridized carbons (Fsp3) is 0.500. The van der Waals surface area contributed by atoms with Crippen molar-refractivity contribution in [2.24, 2.45) is 0 Å². The number of para-hydroxylation sites is 1. The van der Waals surface area contributed by atoms with Crippen LogP contribution in [0.25, 0.3) is 0 Å². The van der Waals surface area contributed by atoms with E-state index in [9.17, 15) is 4.39 Å². The average molecular weight is 211 g/mol. The first-order valence-electron chi connectivity index (χ1n) is 5.13. The molecule has 1 N–H and O–H groups in total. The van der Waals surface area contributed by atoms with Crippen LogP contribution in [0.15, 0.2) is 24.3 Å². The molecule has 3 heteroatoms. The summed E-state index contributed by atoms with van der Waals surface area (Å²) >= 11 is 0. The minimum atomic E-state index is -0.983. The van der Waals surface area contributed by atoms with Gasteiger partial charge in [0.1, 0.15) is 11.9 Å². The van der Waals surface area contributed by atoms with Gasteiger partial charge in [0.2, 0.25) is 0 Å². The van der Waals surface area contributed by atoms with Crippen LogP contribution in [0.5, 0.6) is 5.75 Å². The first kappa shape index (κ1) is 12.0. The standard InChI is InChI=1S/C12H18FNO/c1-9(14-2)8-11(13)10-6-4-5-7-12(10)15-3/h4-7,9,11,14H,8H2,1-3H3. The van der Waals surface area contributed by atoms with E-state index in [0.717, 1.165) is 0 Å². The summed E-state index contributed by atoms with van der Waals surface area (Å²) in [5.41, 5.74) is 0.627. The molecule has 0 amide bonds. The average Bonchev–Trinajstić information content (AvgIpc) is 2.28. The van der Waals surface area contributed by atoms with Crippen molar-refractivity contribution in [1.82, 2.24) is 5.32 Å². The van der Waals surface area contributed by atoms with E-state index in [1.165, 1.54) is 0 Å². The molecule has 2 unspecified atom stereocenters. The molecule has 0 heterocycles. The summed E-state index contributed by atoms with van der Waals surface area (Å²) in [6, 6.07) is 7.38. The molecule has 1 aromatic carbocycles. The Balaban J connectivity index is 2.76. The molecule has 0 fully saturated rings. The monoisotopic (exact) mass is 211 g/mol. The molecule has 0 aromatic heterocycles. The van der Waals surface area contributed by atoms with Crippen LogP contribution >= 0.6 is 0 Å². The van der Waals surface area contributed by atoms with Crippen LogP contribution in [-0.4, -0.2) is 20.2 Å². The van der Waals surface area contributed by atoms with Crippen molar-refractivity contribution in [3.05, 3.63) is 29.8 Å². The van der Waals surface area contributed by atoms with Gasteiger partial charge in [0, 0.05) is 11.6 Å². The zero-order chi connectivity index (χ0) is 11.3. The van der Waals surface area contributed by atoms with Crippen molar-refractivity contribution in [2.45, 2.75) is 25.6 Å². The Labute approximate surface area is 90.4 Å². The van der Waals surface area contributed by atoms with Gasteiger partial charge in [0.15, 0.2) is 0 Å². The third kappa shape index (κ3) is 3.20. The Morgan fingerprint density at radius 2 is 2.07 bits per heavy atom. The van der Waals surface area contributed by atoms with Crippen molar-refractivity contribution in [3.63, 3.8) is 0 Å². The zero-order valence-corrected chi connectivity index (χ0v) is 9.46. The second-order valence-corrected chi connectivity index (χ2v) is 3.63. The summed E-state index contributed by atoms with van der Waals surface area (Å²) < 4.78 is 19.0. The molecule has 0 bridgehead atoms. The Morgan fingerprint density at radius 3 is 2.67 bits per heavy atom. The highest BCUT2D eigenvalue weighted by molar-refractivity contribution is 5.35. The van der Waals surface area contributed by atoms with E-state index in [1.54, 1.807) is 19.2 Å². The number of nitrogens with one attached hydrogen (secondary N) is 1. The second-order valence-electron chi connectivity index (χ2n) is 3.63. The predicted octanol–water partition coefficient (Wildman–Crippen LogP) is 2.70. The van der Waals surface area contributed by atoms with Gasteiger partial charge in [-0.15, -0.1) is 0 Å². The van der Waals surface area contributed by atoms with Gasteiger partial charge in [-0.1, -0.05) is 18.2 Å². The van der Waals surface area contributed by atoms with Crippen LogP contribution < -0.4 is 10.1 Å². The predicted molar refractivity (Wildman–Crippen MR) is 60.0 cm³/mol. The summed E-state index contributed by atoms with van der Waals surface area (Å²) in [6.45, 7) is 1.96. The number of ether oxygens (including phenoxy) is 1. The maximum atomic E-state index is 13.9. The lowest BCUT2D eigenvalue weighted by Crippen LogP contribution is -2.22. The minimum absolute atomic E-state index is 0.157. The molecular weight excluding hydrogens is 193 g/mol. The van der Waals surface area contributed by atoms with Gasteiger partial charge in [0.25, 0.3) is 0 Å². The topological polar surface area (TPSA) is 21.3 Å². The normalized spacial score (nSPS) is 14.7. The molecule has 2 nitrogen and oxygen atoms in total. The summed E-state index contributed by atoms with van der Waals surface area (Å²) in [4.78, 5) is 0.